The number of hydrogen-bond donors (Lipinski definition) is 1. The molecule has 9 heteroatoms. The van der Waals surface area contributed by atoms with Crippen molar-refractivity contribution in [1.29, 1.82) is 0 Å². The van der Waals surface area contributed by atoms with Gasteiger partial charge < -0.3 is 29.4 Å². The number of aliphatic hydroxyl groups is 1. The summed E-state index contributed by atoms with van der Waals surface area (Å²) in [7, 11) is 1.72. The van der Waals surface area contributed by atoms with Gasteiger partial charge in [0.2, 0.25) is 11.8 Å². The van der Waals surface area contributed by atoms with Gasteiger partial charge in [0.15, 0.2) is 0 Å². The Bertz CT molecular complexity index is 1170. The number of rotatable bonds is 15. The van der Waals surface area contributed by atoms with Crippen LogP contribution in [-0.4, -0.2) is 96.3 Å². The Morgan fingerprint density at radius 2 is 1.67 bits per heavy atom. The van der Waals surface area contributed by atoms with E-state index in [1.807, 2.05) is 31.2 Å². The van der Waals surface area contributed by atoms with Crippen molar-refractivity contribution in [3.05, 3.63) is 49.6 Å². The van der Waals surface area contributed by atoms with Crippen molar-refractivity contribution in [2.24, 2.45) is 11.8 Å². The molecule has 0 aliphatic carbocycles. The molecule has 1 N–H and O–H groups in total. The topological polar surface area (TPSA) is 93.6 Å². The number of carbonyl (C=O) groups excluding carboxylic acids is 3. The third-order valence-electron chi connectivity index (χ3n) is 9.48. The van der Waals surface area contributed by atoms with Crippen LogP contribution < -0.4 is 9.80 Å². The molecule has 3 amide bonds. The number of carbonyl (C=O) groups is 3. The maximum atomic E-state index is 14.7. The lowest BCUT2D eigenvalue weighted by Crippen LogP contribution is -2.56. The highest BCUT2D eigenvalue weighted by Gasteiger charge is 2.78. The predicted molar refractivity (Wildman–Crippen MR) is 165 cm³/mol. The van der Waals surface area contributed by atoms with Crippen LogP contribution in [0.1, 0.15) is 52.9 Å². The van der Waals surface area contributed by atoms with E-state index in [2.05, 4.69) is 31.9 Å². The second kappa shape index (κ2) is 13.0. The molecular formula is C33H48N4O5. The van der Waals surface area contributed by atoms with Crippen LogP contribution in [0.5, 0.6) is 0 Å². The molecular weight excluding hydrogens is 532 g/mol. The molecule has 4 rings (SSSR count). The molecule has 42 heavy (non-hydrogen) atoms. The highest BCUT2D eigenvalue weighted by atomic mass is 16.5. The molecule has 0 radical (unpaired) electrons. The molecule has 1 aromatic carbocycles. The fourth-order valence-electron chi connectivity index (χ4n) is 7.44. The normalized spacial score (nSPS) is 27.6. The number of amides is 3. The van der Waals surface area contributed by atoms with Crippen molar-refractivity contribution in [3.63, 3.8) is 0 Å². The molecule has 230 valence electrons. The van der Waals surface area contributed by atoms with Crippen LogP contribution in [0.25, 0.3) is 0 Å². The van der Waals surface area contributed by atoms with Crippen LogP contribution in [0.15, 0.2) is 49.6 Å². The number of likely N-dealkylation sites (tertiary alicyclic amines) is 1. The van der Waals surface area contributed by atoms with Crippen LogP contribution in [0.3, 0.4) is 0 Å². The fraction of sp³-hybridized carbons (Fsp3) is 0.606. The van der Waals surface area contributed by atoms with Gasteiger partial charge in [0.05, 0.1) is 17.4 Å². The Morgan fingerprint density at radius 3 is 2.26 bits per heavy atom. The monoisotopic (exact) mass is 580 g/mol. The molecule has 3 aliphatic heterocycles. The number of nitrogens with zero attached hydrogens (tertiary/aromatic N) is 4. The molecule has 0 aromatic heterocycles. The fourth-order valence-corrected chi connectivity index (χ4v) is 7.44. The Morgan fingerprint density at radius 1 is 1.02 bits per heavy atom. The first kappa shape index (κ1) is 31.8. The van der Waals surface area contributed by atoms with E-state index in [1.165, 1.54) is 0 Å². The number of fused-ring (bicyclic) bond motifs is 1. The summed E-state index contributed by atoms with van der Waals surface area (Å²) < 4.78 is 6.78. The number of hydrogen-bond acceptors (Lipinski definition) is 6. The Balaban J connectivity index is 1.74. The molecule has 2 bridgehead atoms. The van der Waals surface area contributed by atoms with Crippen molar-refractivity contribution in [2.75, 3.05) is 56.2 Å². The Hall–Kier alpha value is -3.17. The smallest absolute Gasteiger partial charge is 0.253 e. The van der Waals surface area contributed by atoms with Gasteiger partial charge in [-0.05, 0) is 77.1 Å². The van der Waals surface area contributed by atoms with Crippen molar-refractivity contribution >= 4 is 29.1 Å². The lowest BCUT2D eigenvalue weighted by Gasteiger charge is -2.37. The minimum absolute atomic E-state index is 0.0765. The first-order chi connectivity index (χ1) is 20.1. The molecule has 3 aliphatic rings. The zero-order chi connectivity index (χ0) is 30.7. The highest BCUT2D eigenvalue weighted by molar-refractivity contribution is 6.05. The van der Waals surface area contributed by atoms with E-state index in [0.29, 0.717) is 38.8 Å². The van der Waals surface area contributed by atoms with Crippen LogP contribution in [0.4, 0.5) is 11.4 Å². The van der Waals surface area contributed by atoms with Crippen LogP contribution in [0, 0.1) is 11.8 Å². The lowest BCUT2D eigenvalue weighted by molar-refractivity contribution is -0.149. The van der Waals surface area contributed by atoms with Gasteiger partial charge in [-0.3, -0.25) is 14.4 Å². The van der Waals surface area contributed by atoms with Crippen molar-refractivity contribution in [3.8, 4) is 0 Å². The third kappa shape index (κ3) is 5.37. The van der Waals surface area contributed by atoms with Gasteiger partial charge in [-0.25, -0.2) is 0 Å². The van der Waals surface area contributed by atoms with E-state index >= 15 is 0 Å². The van der Waals surface area contributed by atoms with Gasteiger partial charge in [0.25, 0.3) is 5.91 Å². The number of likely N-dealkylation sites (N-methyl/N-ethyl adjacent to an activating group) is 1. The lowest BCUT2D eigenvalue weighted by atomic mass is 9.66. The average Bonchev–Trinajstić information content (AvgIpc) is 3.55. The molecule has 5 atom stereocenters. The summed E-state index contributed by atoms with van der Waals surface area (Å²) in [5.74, 6) is -1.98. The number of benzene rings is 1. The summed E-state index contributed by atoms with van der Waals surface area (Å²) in [5, 5.41) is 9.31. The minimum Gasteiger partial charge on any atom is -0.396 e. The van der Waals surface area contributed by atoms with E-state index in [1.54, 1.807) is 33.9 Å². The predicted octanol–water partition coefficient (Wildman–Crippen LogP) is 3.62. The first-order valence-corrected chi connectivity index (χ1v) is 15.4. The first-order valence-electron chi connectivity index (χ1n) is 15.4. The van der Waals surface area contributed by atoms with Gasteiger partial charge in [-0.2, -0.15) is 0 Å². The van der Waals surface area contributed by atoms with E-state index in [0.717, 1.165) is 30.9 Å². The third-order valence-corrected chi connectivity index (χ3v) is 9.48. The molecule has 1 aromatic rings. The molecule has 3 saturated heterocycles. The summed E-state index contributed by atoms with van der Waals surface area (Å²) in [6, 6.07) is 7.05. The average molecular weight is 581 g/mol. The van der Waals surface area contributed by atoms with Crippen LogP contribution >= 0.6 is 0 Å². The summed E-state index contributed by atoms with van der Waals surface area (Å²) >= 11 is 0. The van der Waals surface area contributed by atoms with Gasteiger partial charge in [0.1, 0.15) is 11.6 Å². The summed E-state index contributed by atoms with van der Waals surface area (Å²) in [6.07, 6.45) is 6.48. The summed E-state index contributed by atoms with van der Waals surface area (Å²) in [4.78, 5) is 50.0. The molecule has 2 unspecified atom stereocenters. The van der Waals surface area contributed by atoms with Crippen molar-refractivity contribution < 1.29 is 24.2 Å². The summed E-state index contributed by atoms with van der Waals surface area (Å²) in [5.41, 5.74) is -0.121. The van der Waals surface area contributed by atoms with Crippen LogP contribution in [0.2, 0.25) is 0 Å². The molecule has 3 fully saturated rings. The van der Waals surface area contributed by atoms with Crippen molar-refractivity contribution in [1.82, 2.24) is 9.80 Å². The van der Waals surface area contributed by atoms with Gasteiger partial charge in [-0.15, -0.1) is 13.2 Å². The molecule has 1 spiro atoms. The second-order valence-electron chi connectivity index (χ2n) is 12.0. The van der Waals surface area contributed by atoms with Gasteiger partial charge in [0, 0.05) is 57.8 Å². The number of ether oxygens (including phenoxy) is 1. The number of unbranched alkanes of at least 4 members (excludes halogenated alkanes) is 2. The van der Waals surface area contributed by atoms with E-state index in [4.69, 9.17) is 4.74 Å². The number of anilines is 2. The zero-order valence-corrected chi connectivity index (χ0v) is 25.8. The van der Waals surface area contributed by atoms with Crippen molar-refractivity contribution in [2.45, 2.75) is 70.1 Å². The quantitative estimate of drug-likeness (QED) is 0.252. The Labute approximate surface area is 250 Å². The van der Waals surface area contributed by atoms with E-state index < -0.39 is 29.1 Å². The van der Waals surface area contributed by atoms with E-state index in [-0.39, 0.29) is 30.9 Å². The standard InChI is InChI=1S/C33H48N4O5/c1-7-20-34(6)29(39)26-27-30(40)37(22-12-11-13-23-38)28(33(27)19-18-32(26,5)42-33)31(41)36(21-8-2)25-16-14-24(15-17-25)35(9-3)10-4/h7-8,14-17,26-28,38H,1-2,9-13,18-23H2,3-6H3/t26-,27-,28?,32+,33?/m0/s1. The SMILES string of the molecule is C=CCN(C)C(=O)[C@@H]1[C@H]2C(=O)N(CCCCCO)C(C(=O)N(CC=C)c3ccc(N(CC)CC)cc3)C23CC[C@@]1(C)O3. The molecule has 9 nitrogen and oxygen atoms in total. The molecule has 3 heterocycles. The zero-order valence-electron chi connectivity index (χ0n) is 25.8. The largest absolute Gasteiger partial charge is 0.396 e. The highest BCUT2D eigenvalue weighted by Crippen LogP contribution is 2.63. The molecule has 0 saturated carbocycles. The van der Waals surface area contributed by atoms with Gasteiger partial charge in [-0.1, -0.05) is 12.2 Å². The summed E-state index contributed by atoms with van der Waals surface area (Å²) in [6.45, 7) is 16.6. The maximum absolute atomic E-state index is 14.7. The second-order valence-corrected chi connectivity index (χ2v) is 12.0. The minimum atomic E-state index is -1.09. The Kier molecular flexibility index (Phi) is 9.83. The van der Waals surface area contributed by atoms with Crippen LogP contribution in [-0.2, 0) is 19.1 Å². The van der Waals surface area contributed by atoms with Gasteiger partial charge >= 0.3 is 0 Å². The maximum Gasteiger partial charge on any atom is 0.253 e. The van der Waals surface area contributed by atoms with E-state index in [9.17, 15) is 19.5 Å². The number of aliphatic hydroxyl groups excluding tert-OH is 1.